The lowest BCUT2D eigenvalue weighted by Gasteiger charge is -2.25. The van der Waals surface area contributed by atoms with Crippen molar-refractivity contribution in [2.24, 2.45) is 0 Å². The van der Waals surface area contributed by atoms with Crippen LogP contribution in [0.5, 0.6) is 11.5 Å². The van der Waals surface area contributed by atoms with Crippen molar-refractivity contribution in [1.29, 1.82) is 0 Å². The molecule has 0 atom stereocenters. The summed E-state index contributed by atoms with van der Waals surface area (Å²) in [6.45, 7) is 1.79. The topological polar surface area (TPSA) is 97.0 Å². The number of ether oxygens (including phenoxy) is 2. The van der Waals surface area contributed by atoms with Crippen LogP contribution >= 0.6 is 23.8 Å². The van der Waals surface area contributed by atoms with Gasteiger partial charge in [-0.05, 0) is 55.0 Å². The van der Waals surface area contributed by atoms with Crippen molar-refractivity contribution in [3.8, 4) is 11.5 Å². The number of carbonyl (C=O) groups excluding carboxylic acids is 3. The predicted molar refractivity (Wildman–Crippen MR) is 125 cm³/mol. The summed E-state index contributed by atoms with van der Waals surface area (Å²) in [5.41, 5.74) is 0.980. The Morgan fingerprint density at radius 2 is 1.94 bits per heavy atom. The summed E-state index contributed by atoms with van der Waals surface area (Å²) < 4.78 is 11.2. The molecule has 0 aromatic heterocycles. The standard InChI is InChI=1S/C22H20ClN3O5S/c1-3-30-17-11-13(9-15-20(28)25-22(32)26(2)21(15)29)10-16(23)19(17)31-12-18(27)24-14-7-5-4-6-8-14/h4-11H,3,12H2,1-2H3,(H,24,27)(H,25,28,32)/b15-9+. The van der Waals surface area contributed by atoms with E-state index in [0.717, 1.165) is 4.90 Å². The highest BCUT2D eigenvalue weighted by Crippen LogP contribution is 2.37. The maximum Gasteiger partial charge on any atom is 0.265 e. The van der Waals surface area contributed by atoms with E-state index < -0.39 is 11.8 Å². The maximum atomic E-state index is 12.4. The van der Waals surface area contributed by atoms with Crippen LogP contribution in [0.15, 0.2) is 48.0 Å². The largest absolute Gasteiger partial charge is 0.490 e. The molecule has 166 valence electrons. The Morgan fingerprint density at radius 3 is 2.62 bits per heavy atom. The molecule has 1 saturated heterocycles. The Labute approximate surface area is 195 Å². The first kappa shape index (κ1) is 23.2. The van der Waals surface area contributed by atoms with Crippen LogP contribution in [-0.2, 0) is 14.4 Å². The second kappa shape index (κ2) is 10.3. The highest BCUT2D eigenvalue weighted by atomic mass is 35.5. The van der Waals surface area contributed by atoms with Crippen LogP contribution in [-0.4, -0.2) is 48.0 Å². The van der Waals surface area contributed by atoms with E-state index in [1.165, 1.54) is 19.2 Å². The van der Waals surface area contributed by atoms with Gasteiger partial charge in [0, 0.05) is 12.7 Å². The SMILES string of the molecule is CCOc1cc(/C=C2\C(=O)NC(=S)N(C)C2=O)cc(Cl)c1OCC(=O)Nc1ccccc1. The van der Waals surface area contributed by atoms with Crippen LogP contribution in [0.4, 0.5) is 5.69 Å². The number of para-hydroxylation sites is 1. The third-order valence-corrected chi connectivity index (χ3v) is 5.01. The summed E-state index contributed by atoms with van der Waals surface area (Å²) in [7, 11) is 1.47. The second-order valence-electron chi connectivity index (χ2n) is 6.65. The molecule has 8 nitrogen and oxygen atoms in total. The number of hydrogen-bond acceptors (Lipinski definition) is 6. The van der Waals surface area contributed by atoms with E-state index in [1.807, 2.05) is 6.07 Å². The number of hydrogen-bond donors (Lipinski definition) is 2. The number of benzene rings is 2. The third-order valence-electron chi connectivity index (χ3n) is 4.35. The van der Waals surface area contributed by atoms with Gasteiger partial charge in [0.1, 0.15) is 5.57 Å². The van der Waals surface area contributed by atoms with Crippen molar-refractivity contribution in [3.63, 3.8) is 0 Å². The molecule has 32 heavy (non-hydrogen) atoms. The zero-order valence-corrected chi connectivity index (χ0v) is 18.9. The quantitative estimate of drug-likeness (QED) is 0.364. The Morgan fingerprint density at radius 1 is 1.22 bits per heavy atom. The van der Waals surface area contributed by atoms with Crippen molar-refractivity contribution in [3.05, 3.63) is 58.6 Å². The Balaban J connectivity index is 1.82. The van der Waals surface area contributed by atoms with Crippen LogP contribution in [0.1, 0.15) is 12.5 Å². The number of carbonyl (C=O) groups is 3. The molecule has 0 saturated carbocycles. The van der Waals surface area contributed by atoms with Gasteiger partial charge in [-0.25, -0.2) is 0 Å². The van der Waals surface area contributed by atoms with Crippen molar-refractivity contribution in [1.82, 2.24) is 10.2 Å². The van der Waals surface area contributed by atoms with Crippen molar-refractivity contribution < 1.29 is 23.9 Å². The van der Waals surface area contributed by atoms with Gasteiger partial charge in [-0.3, -0.25) is 24.6 Å². The number of nitrogens with one attached hydrogen (secondary N) is 2. The monoisotopic (exact) mass is 473 g/mol. The molecule has 0 spiro atoms. The molecular formula is C22H20ClN3O5S. The van der Waals surface area contributed by atoms with Crippen molar-refractivity contribution >= 4 is 58.4 Å². The van der Waals surface area contributed by atoms with Gasteiger partial charge in [-0.1, -0.05) is 29.8 Å². The fraction of sp³-hybridized carbons (Fsp3) is 0.182. The first-order chi connectivity index (χ1) is 15.3. The van der Waals surface area contributed by atoms with Crippen LogP contribution in [0, 0.1) is 0 Å². The maximum absolute atomic E-state index is 12.4. The van der Waals surface area contributed by atoms with Gasteiger partial charge < -0.3 is 14.8 Å². The summed E-state index contributed by atoms with van der Waals surface area (Å²) in [4.78, 5) is 38.0. The fourth-order valence-corrected chi connectivity index (χ4v) is 3.29. The number of rotatable bonds is 7. The van der Waals surface area contributed by atoms with E-state index in [0.29, 0.717) is 17.9 Å². The molecule has 1 aliphatic heterocycles. The molecular weight excluding hydrogens is 454 g/mol. The lowest BCUT2D eigenvalue weighted by atomic mass is 10.1. The van der Waals surface area contributed by atoms with E-state index in [-0.39, 0.29) is 39.7 Å². The number of amides is 3. The van der Waals surface area contributed by atoms with E-state index in [2.05, 4.69) is 10.6 Å². The normalized spacial score (nSPS) is 14.9. The highest BCUT2D eigenvalue weighted by molar-refractivity contribution is 7.80. The summed E-state index contributed by atoms with van der Waals surface area (Å²) in [6.07, 6.45) is 1.39. The minimum atomic E-state index is -0.606. The van der Waals surface area contributed by atoms with Gasteiger partial charge in [0.05, 0.1) is 11.6 Å². The number of likely N-dealkylation sites (N-methyl/N-ethyl adjacent to an activating group) is 1. The average Bonchev–Trinajstić information content (AvgIpc) is 2.75. The van der Waals surface area contributed by atoms with Crippen LogP contribution in [0.3, 0.4) is 0 Å². The van der Waals surface area contributed by atoms with Gasteiger partial charge in [0.25, 0.3) is 17.7 Å². The lowest BCUT2D eigenvalue weighted by Crippen LogP contribution is -2.52. The number of thiocarbonyl (C=S) groups is 1. The molecule has 0 aliphatic carbocycles. The van der Waals surface area contributed by atoms with Gasteiger partial charge in [0.2, 0.25) is 0 Å². The molecule has 1 heterocycles. The molecule has 0 radical (unpaired) electrons. The van der Waals surface area contributed by atoms with Gasteiger partial charge in [0.15, 0.2) is 23.2 Å². The van der Waals surface area contributed by atoms with E-state index in [1.54, 1.807) is 37.3 Å². The third kappa shape index (κ3) is 5.43. The average molecular weight is 474 g/mol. The number of nitrogens with zero attached hydrogens (tertiary/aromatic N) is 1. The van der Waals surface area contributed by atoms with Gasteiger partial charge in [-0.2, -0.15) is 0 Å². The molecule has 0 bridgehead atoms. The summed E-state index contributed by atoms with van der Waals surface area (Å²) in [5, 5.41) is 5.34. The van der Waals surface area contributed by atoms with E-state index in [4.69, 9.17) is 33.3 Å². The summed E-state index contributed by atoms with van der Waals surface area (Å²) >= 11 is 11.3. The molecule has 10 heteroatoms. The first-order valence-corrected chi connectivity index (χ1v) is 10.4. The van der Waals surface area contributed by atoms with Crippen LogP contribution < -0.4 is 20.1 Å². The van der Waals surface area contributed by atoms with Crippen molar-refractivity contribution in [2.45, 2.75) is 6.92 Å². The molecule has 1 aliphatic rings. The molecule has 3 rings (SSSR count). The summed E-state index contributed by atoms with van der Waals surface area (Å²) in [6, 6.07) is 12.0. The summed E-state index contributed by atoms with van der Waals surface area (Å²) in [5.74, 6) is -1.07. The molecule has 2 aromatic carbocycles. The van der Waals surface area contributed by atoms with Crippen molar-refractivity contribution in [2.75, 3.05) is 25.6 Å². The molecule has 3 amide bonds. The zero-order chi connectivity index (χ0) is 23.3. The Kier molecular flexibility index (Phi) is 7.45. The van der Waals surface area contributed by atoms with Gasteiger partial charge >= 0.3 is 0 Å². The minimum Gasteiger partial charge on any atom is -0.490 e. The second-order valence-corrected chi connectivity index (χ2v) is 7.44. The fourth-order valence-electron chi connectivity index (χ4n) is 2.84. The number of anilines is 1. The van der Waals surface area contributed by atoms with Crippen LogP contribution in [0.2, 0.25) is 5.02 Å². The smallest absolute Gasteiger partial charge is 0.265 e. The van der Waals surface area contributed by atoms with Crippen LogP contribution in [0.25, 0.3) is 6.08 Å². The molecule has 0 unspecified atom stereocenters. The Hall–Kier alpha value is -3.43. The Bertz CT molecular complexity index is 1100. The van der Waals surface area contributed by atoms with E-state index in [9.17, 15) is 14.4 Å². The van der Waals surface area contributed by atoms with Gasteiger partial charge in [-0.15, -0.1) is 0 Å². The molecule has 1 fully saturated rings. The highest BCUT2D eigenvalue weighted by Gasteiger charge is 2.31. The number of halogens is 1. The zero-order valence-electron chi connectivity index (χ0n) is 17.3. The van der Waals surface area contributed by atoms with E-state index >= 15 is 0 Å². The first-order valence-electron chi connectivity index (χ1n) is 9.59. The molecule has 2 aromatic rings. The predicted octanol–water partition coefficient (Wildman–Crippen LogP) is 3.01. The minimum absolute atomic E-state index is 0.0303. The molecule has 2 N–H and O–H groups in total. The lowest BCUT2D eigenvalue weighted by molar-refractivity contribution is -0.128.